The van der Waals surface area contributed by atoms with Gasteiger partial charge in [0.2, 0.25) is 12.4 Å². The van der Waals surface area contributed by atoms with Gasteiger partial charge in [0.25, 0.3) is 0 Å². The molecule has 0 aromatic heterocycles. The molecule has 18 nitrogen and oxygen atoms in total. The fraction of sp³-hybridized carbons (Fsp3) is 0.577. The summed E-state index contributed by atoms with van der Waals surface area (Å²) in [6.45, 7) is 3.89. The predicted octanol–water partition coefficient (Wildman–Crippen LogP) is 2.03. The molecular weight excluding hydrogens is 645 g/mol. The zero-order chi connectivity index (χ0) is 34.4. The molecule has 0 saturated carbocycles. The van der Waals surface area contributed by atoms with Gasteiger partial charge in [0.1, 0.15) is 12.7 Å². The summed E-state index contributed by atoms with van der Waals surface area (Å²) in [5.41, 5.74) is 8.14. The van der Waals surface area contributed by atoms with Crippen LogP contribution in [0.3, 0.4) is 0 Å². The molecule has 1 aliphatic heterocycles. The van der Waals surface area contributed by atoms with Crippen molar-refractivity contribution in [3.63, 3.8) is 0 Å². The normalized spacial score (nSPS) is 20.8. The van der Waals surface area contributed by atoms with Gasteiger partial charge in [0, 0.05) is 57.7 Å². The molecule has 0 bridgehead atoms. The van der Waals surface area contributed by atoms with Crippen molar-refractivity contribution < 1.29 is 73.6 Å². The number of ketones is 1. The quantitative estimate of drug-likeness (QED) is 0.0335. The van der Waals surface area contributed by atoms with Crippen LogP contribution in [0.4, 0.5) is 3.89 Å². The smallest absolute Gasteiger partial charge is 0.463 e. The number of carbonyl (C=O) groups excluding carboxylic acids is 5. The van der Waals surface area contributed by atoms with Crippen molar-refractivity contribution >= 4 is 40.2 Å². The lowest BCUT2D eigenvalue weighted by atomic mass is 9.98. The highest BCUT2D eigenvalue weighted by Crippen LogP contribution is 2.36. The van der Waals surface area contributed by atoms with E-state index in [1.165, 1.54) is 6.07 Å². The second-order valence-corrected chi connectivity index (χ2v) is 10.4. The first-order chi connectivity index (χ1) is 21.6. The average molecular weight is 678 g/mol. The molecule has 1 aromatic carbocycles. The molecule has 0 spiro atoms. The lowest BCUT2D eigenvalue weighted by Gasteiger charge is -2.43. The monoisotopic (exact) mass is 677 g/mol. The van der Waals surface area contributed by atoms with E-state index in [0.29, 0.717) is 0 Å². The van der Waals surface area contributed by atoms with Gasteiger partial charge in [-0.15, -0.1) is 0 Å². The van der Waals surface area contributed by atoms with Crippen LogP contribution in [0.5, 0.6) is 11.5 Å². The van der Waals surface area contributed by atoms with Gasteiger partial charge in [-0.3, -0.25) is 24.0 Å². The lowest BCUT2D eigenvalue weighted by molar-refractivity contribution is -0.288. The summed E-state index contributed by atoms with van der Waals surface area (Å²) < 4.78 is 78.6. The van der Waals surface area contributed by atoms with Crippen molar-refractivity contribution in [2.45, 2.75) is 71.2 Å². The highest BCUT2D eigenvalue weighted by Gasteiger charge is 2.53. The number of nitrogens with zero attached hydrogens (tertiary/aromatic N) is 3. The number of ether oxygens (including phenoxy) is 7. The van der Waals surface area contributed by atoms with E-state index < -0.39 is 89.0 Å². The molecule has 0 amide bonds. The third kappa shape index (κ3) is 12.8. The molecule has 1 aromatic rings. The van der Waals surface area contributed by atoms with Gasteiger partial charge >= 0.3 is 34.4 Å². The first kappa shape index (κ1) is 37.7. The van der Waals surface area contributed by atoms with Crippen LogP contribution < -0.4 is 8.92 Å². The third-order valence-electron chi connectivity index (χ3n) is 5.74. The highest BCUT2D eigenvalue weighted by atomic mass is 32.3. The number of esters is 4. The van der Waals surface area contributed by atoms with Crippen LogP contribution in [0.15, 0.2) is 23.3 Å². The van der Waals surface area contributed by atoms with Crippen LogP contribution in [0, 0.1) is 0 Å². The van der Waals surface area contributed by atoms with Crippen LogP contribution in [-0.2, 0) is 58.1 Å². The van der Waals surface area contributed by atoms with E-state index in [1.807, 2.05) is 0 Å². The second kappa shape index (κ2) is 17.8. The maximum absolute atomic E-state index is 13.7. The molecule has 5 atom stereocenters. The van der Waals surface area contributed by atoms with Crippen LogP contribution in [-0.4, -0.2) is 95.1 Å². The van der Waals surface area contributed by atoms with Gasteiger partial charge in [0.05, 0.1) is 6.61 Å². The van der Waals surface area contributed by atoms with Crippen LogP contribution >= 0.6 is 0 Å². The number of halogens is 1. The summed E-state index contributed by atoms with van der Waals surface area (Å²) in [4.78, 5) is 62.8. The van der Waals surface area contributed by atoms with E-state index in [4.69, 9.17) is 38.7 Å². The van der Waals surface area contributed by atoms with Crippen molar-refractivity contribution in [1.82, 2.24) is 0 Å². The second-order valence-electron chi connectivity index (χ2n) is 9.42. The van der Waals surface area contributed by atoms with Crippen molar-refractivity contribution in [3.05, 3.63) is 34.2 Å². The Bertz CT molecular complexity index is 1430. The maximum atomic E-state index is 13.7. The topological polar surface area (TPSA) is 242 Å². The number of hydrogen-bond acceptors (Lipinski definition) is 16. The molecule has 1 heterocycles. The minimum atomic E-state index is -5.68. The Balaban J connectivity index is 2.45. The third-order valence-corrected chi connectivity index (χ3v) is 6.12. The molecule has 0 N–H and O–H groups in total. The average Bonchev–Trinajstić information content (AvgIpc) is 2.93. The summed E-state index contributed by atoms with van der Waals surface area (Å²) in [6, 6.07) is 3.12. The van der Waals surface area contributed by atoms with Gasteiger partial charge in [0.15, 0.2) is 29.5 Å². The van der Waals surface area contributed by atoms with E-state index in [9.17, 15) is 36.3 Å². The standard InChI is InChI=1S/C26H32FN3O15S/c1-14(31)39-13-22-23(40-15(2)32)24(41-16(3)33)25(42-17(4)34)26(44-22)43-20-8-7-18(12-21(20)45-46(27,36)37)19(35)6-5-10-38-11-9-29-30-28/h7-8,12,22-26H,5-6,9-11,13H2,1-4H3/t22-,23+,24+,25-,26?/m1/s1. The Kier molecular flexibility index (Phi) is 14.6. The van der Waals surface area contributed by atoms with Crippen molar-refractivity contribution in [2.75, 3.05) is 26.4 Å². The van der Waals surface area contributed by atoms with Crippen molar-refractivity contribution in [1.29, 1.82) is 0 Å². The first-order valence-corrected chi connectivity index (χ1v) is 14.8. The van der Waals surface area contributed by atoms with Gasteiger partial charge in [-0.05, 0) is 30.2 Å². The van der Waals surface area contributed by atoms with Gasteiger partial charge in [-0.2, -0.15) is 8.42 Å². The van der Waals surface area contributed by atoms with Gasteiger partial charge in [-0.1, -0.05) is 9.00 Å². The largest absolute Gasteiger partial charge is 0.488 e. The molecule has 0 aliphatic carbocycles. The summed E-state index contributed by atoms with van der Waals surface area (Å²) in [5, 5.41) is 3.30. The predicted molar refractivity (Wildman–Crippen MR) is 148 cm³/mol. The molecule has 1 unspecified atom stereocenters. The van der Waals surface area contributed by atoms with Crippen LogP contribution in [0.2, 0.25) is 0 Å². The number of rotatable bonds is 17. The van der Waals surface area contributed by atoms with Crippen molar-refractivity contribution in [2.24, 2.45) is 5.11 Å². The molecule has 46 heavy (non-hydrogen) atoms. The van der Waals surface area contributed by atoms with E-state index in [0.717, 1.165) is 39.8 Å². The summed E-state index contributed by atoms with van der Waals surface area (Å²) in [5.74, 6) is -5.36. The Morgan fingerprint density at radius 3 is 2.13 bits per heavy atom. The van der Waals surface area contributed by atoms with Gasteiger partial charge in [-0.25, -0.2) is 0 Å². The minimum absolute atomic E-state index is 0.0801. The Morgan fingerprint density at radius 1 is 0.913 bits per heavy atom. The molecule has 0 radical (unpaired) electrons. The van der Waals surface area contributed by atoms with E-state index in [-0.39, 0.29) is 38.2 Å². The van der Waals surface area contributed by atoms with E-state index in [1.54, 1.807) is 0 Å². The molecule has 1 fully saturated rings. The summed E-state index contributed by atoms with van der Waals surface area (Å²) in [6.07, 6.45) is -7.89. The fourth-order valence-electron chi connectivity index (χ4n) is 4.09. The highest BCUT2D eigenvalue weighted by molar-refractivity contribution is 7.81. The van der Waals surface area contributed by atoms with E-state index in [2.05, 4.69) is 14.2 Å². The number of azide groups is 1. The zero-order valence-electron chi connectivity index (χ0n) is 25.1. The summed E-state index contributed by atoms with van der Waals surface area (Å²) in [7, 11) is -5.68. The number of benzene rings is 1. The molecular formula is C26H32FN3O15S. The lowest BCUT2D eigenvalue weighted by Crippen LogP contribution is -2.63. The Labute approximate surface area is 262 Å². The SMILES string of the molecule is CC(=O)OC[C@H]1OC(Oc2ccc(C(=O)CCCOCCN=[N+]=[N-])cc2OS(=O)(=O)F)[C@H](OC(C)=O)[C@@H](OC(C)=O)[C@H]1OC(C)=O. The molecule has 1 aliphatic rings. The molecule has 20 heteroatoms. The molecule has 2 rings (SSSR count). The fourth-order valence-corrected chi connectivity index (χ4v) is 4.44. The summed E-state index contributed by atoms with van der Waals surface area (Å²) >= 11 is 0. The van der Waals surface area contributed by atoms with Crippen molar-refractivity contribution in [3.8, 4) is 11.5 Å². The first-order valence-electron chi connectivity index (χ1n) is 13.5. The Morgan fingerprint density at radius 2 is 1.54 bits per heavy atom. The van der Waals surface area contributed by atoms with Gasteiger partial charge < -0.3 is 37.3 Å². The van der Waals surface area contributed by atoms with Crippen LogP contribution in [0.1, 0.15) is 50.9 Å². The number of Topliss-reactive ketones (excluding diaryl/α,β-unsaturated/α-hetero) is 1. The minimum Gasteiger partial charge on any atom is -0.463 e. The molecule has 1 saturated heterocycles. The number of hydrogen-bond donors (Lipinski definition) is 0. The zero-order valence-corrected chi connectivity index (χ0v) is 25.9. The Hall–Kier alpha value is -4.52. The maximum Gasteiger partial charge on any atom is 0.488 e. The van der Waals surface area contributed by atoms with Crippen LogP contribution in [0.25, 0.3) is 10.4 Å². The molecule has 254 valence electrons. The van der Waals surface area contributed by atoms with E-state index >= 15 is 0 Å². The number of carbonyl (C=O) groups is 5.